The molecule has 2 N–H and O–H groups in total. The van der Waals surface area contributed by atoms with Crippen LogP contribution < -0.4 is 15.4 Å². The molecule has 0 radical (unpaired) electrons. The summed E-state index contributed by atoms with van der Waals surface area (Å²) in [5.41, 5.74) is 2.55. The van der Waals surface area contributed by atoms with E-state index in [9.17, 15) is 4.39 Å². The number of likely N-dealkylation sites (N-methyl/N-ethyl adjacent to an activating group) is 1. The van der Waals surface area contributed by atoms with Crippen molar-refractivity contribution in [2.75, 3.05) is 46.8 Å². The molecular weight excluding hydrogens is 520 g/mol. The molecule has 0 saturated carbocycles. The summed E-state index contributed by atoms with van der Waals surface area (Å²) < 4.78 is 19.0. The smallest absolute Gasteiger partial charge is 0.191 e. The highest BCUT2D eigenvalue weighted by Crippen LogP contribution is 2.13. The number of nitrogens with zero attached hydrogens (tertiary/aromatic N) is 3. The Kier molecular flexibility index (Phi) is 11.2. The first-order valence-electron chi connectivity index (χ1n) is 10.9. The molecule has 1 unspecified atom stereocenters. The first-order valence-corrected chi connectivity index (χ1v) is 10.9. The van der Waals surface area contributed by atoms with Crippen molar-refractivity contribution in [2.24, 2.45) is 4.99 Å². The van der Waals surface area contributed by atoms with Gasteiger partial charge in [-0.15, -0.1) is 24.0 Å². The summed E-state index contributed by atoms with van der Waals surface area (Å²) in [7, 11) is 3.92. The Labute approximate surface area is 208 Å². The monoisotopic (exact) mass is 555 g/mol. The average Bonchev–Trinajstić information content (AvgIpc) is 2.76. The second-order valence-corrected chi connectivity index (χ2v) is 8.09. The lowest BCUT2D eigenvalue weighted by atomic mass is 10.1. The zero-order valence-corrected chi connectivity index (χ0v) is 21.5. The van der Waals surface area contributed by atoms with E-state index >= 15 is 0 Å². The molecule has 2 aromatic carbocycles. The number of hydrogen-bond acceptors (Lipinski definition) is 4. The lowest BCUT2D eigenvalue weighted by Gasteiger charge is -2.32. The number of benzene rings is 2. The number of hydrogen-bond donors (Lipinski definition) is 2. The molecule has 3 rings (SSSR count). The van der Waals surface area contributed by atoms with Gasteiger partial charge in [0.05, 0.1) is 6.54 Å². The molecule has 0 spiro atoms. The van der Waals surface area contributed by atoms with Gasteiger partial charge < -0.3 is 20.3 Å². The maximum atomic E-state index is 13.3. The fraction of sp³-hybridized carbons (Fsp3) is 0.458. The van der Waals surface area contributed by atoms with E-state index in [1.807, 2.05) is 6.92 Å². The number of piperazine rings is 1. The Morgan fingerprint density at radius 3 is 2.41 bits per heavy atom. The molecule has 0 aliphatic carbocycles. The first kappa shape index (κ1) is 26.3. The number of halogens is 2. The minimum atomic E-state index is -0.301. The number of nitrogens with one attached hydrogen (secondary N) is 2. The zero-order valence-electron chi connectivity index (χ0n) is 19.2. The standard InChI is InChI=1S/C24H34FN5O.HI/c1-19(31-23-6-4-5-22(25)15-23)16-27-24(26-2)28-17-20-7-9-21(10-8-20)18-30-13-11-29(3)12-14-30;/h4-10,15,19H,11-14,16-18H2,1-3H3,(H2,26,27,28);1H. The van der Waals surface area contributed by atoms with Gasteiger partial charge in [0, 0.05) is 52.4 Å². The third-order valence-electron chi connectivity index (χ3n) is 5.40. The summed E-state index contributed by atoms with van der Waals surface area (Å²) in [5, 5.41) is 6.58. The first-order chi connectivity index (χ1) is 15.0. The lowest BCUT2D eigenvalue weighted by Crippen LogP contribution is -2.43. The molecule has 0 aromatic heterocycles. The van der Waals surface area contributed by atoms with Crippen LogP contribution in [0.25, 0.3) is 0 Å². The lowest BCUT2D eigenvalue weighted by molar-refractivity contribution is 0.148. The van der Waals surface area contributed by atoms with Gasteiger partial charge in [0.2, 0.25) is 0 Å². The highest BCUT2D eigenvalue weighted by Gasteiger charge is 2.13. The minimum absolute atomic E-state index is 0. The van der Waals surface area contributed by atoms with Crippen molar-refractivity contribution in [3.05, 3.63) is 65.5 Å². The van der Waals surface area contributed by atoms with Crippen LogP contribution in [0, 0.1) is 5.82 Å². The predicted molar refractivity (Wildman–Crippen MR) is 139 cm³/mol. The quantitative estimate of drug-likeness (QED) is 0.298. The van der Waals surface area contributed by atoms with Crippen LogP contribution in [0.1, 0.15) is 18.1 Å². The van der Waals surface area contributed by atoms with Crippen LogP contribution >= 0.6 is 24.0 Å². The van der Waals surface area contributed by atoms with Gasteiger partial charge in [-0.25, -0.2) is 4.39 Å². The summed E-state index contributed by atoms with van der Waals surface area (Å²) >= 11 is 0. The van der Waals surface area contributed by atoms with Crippen LogP contribution in [0.4, 0.5) is 4.39 Å². The molecule has 1 aliphatic rings. The Morgan fingerprint density at radius 2 is 1.75 bits per heavy atom. The van der Waals surface area contributed by atoms with Crippen molar-refractivity contribution >= 4 is 29.9 Å². The Hall–Kier alpha value is -1.91. The molecule has 0 bridgehead atoms. The molecule has 6 nitrogen and oxygen atoms in total. The molecule has 1 saturated heterocycles. The molecule has 32 heavy (non-hydrogen) atoms. The van der Waals surface area contributed by atoms with E-state index in [0.29, 0.717) is 24.8 Å². The molecular formula is C24H35FIN5O. The van der Waals surface area contributed by atoms with E-state index in [1.165, 1.54) is 23.3 Å². The van der Waals surface area contributed by atoms with Gasteiger partial charge in [-0.2, -0.15) is 0 Å². The third kappa shape index (κ3) is 8.91. The maximum absolute atomic E-state index is 13.3. The van der Waals surface area contributed by atoms with E-state index in [4.69, 9.17) is 4.74 Å². The topological polar surface area (TPSA) is 52.1 Å². The Morgan fingerprint density at radius 1 is 1.06 bits per heavy atom. The number of guanidine groups is 1. The molecule has 1 heterocycles. The number of rotatable bonds is 8. The molecule has 2 aromatic rings. The third-order valence-corrected chi connectivity index (χ3v) is 5.40. The van der Waals surface area contributed by atoms with Crippen LogP contribution in [-0.2, 0) is 13.1 Å². The highest BCUT2D eigenvalue weighted by atomic mass is 127. The van der Waals surface area contributed by atoms with E-state index in [1.54, 1.807) is 19.2 Å². The predicted octanol–water partition coefficient (Wildman–Crippen LogP) is 3.32. The fourth-order valence-electron chi connectivity index (χ4n) is 3.49. The Balaban J connectivity index is 0.00000363. The molecule has 8 heteroatoms. The van der Waals surface area contributed by atoms with Crippen LogP contribution in [-0.4, -0.2) is 68.7 Å². The van der Waals surface area contributed by atoms with Gasteiger partial charge >= 0.3 is 0 Å². The van der Waals surface area contributed by atoms with Crippen molar-refractivity contribution < 1.29 is 9.13 Å². The van der Waals surface area contributed by atoms with Crippen LogP contribution in [0.3, 0.4) is 0 Å². The highest BCUT2D eigenvalue weighted by molar-refractivity contribution is 14.0. The second kappa shape index (κ2) is 13.6. The average molecular weight is 555 g/mol. The maximum Gasteiger partial charge on any atom is 0.191 e. The largest absolute Gasteiger partial charge is 0.489 e. The number of aliphatic imine (C=N–C) groups is 1. The SMILES string of the molecule is CN=C(NCc1ccc(CN2CCN(C)CC2)cc1)NCC(C)Oc1cccc(F)c1.I. The Bertz CT molecular complexity index is 841. The van der Waals surface area contributed by atoms with Crippen molar-refractivity contribution in [3.63, 3.8) is 0 Å². The zero-order chi connectivity index (χ0) is 22.1. The second-order valence-electron chi connectivity index (χ2n) is 8.09. The molecule has 1 atom stereocenters. The van der Waals surface area contributed by atoms with Gasteiger partial charge in [0.1, 0.15) is 17.7 Å². The van der Waals surface area contributed by atoms with E-state index < -0.39 is 0 Å². The van der Waals surface area contributed by atoms with Gasteiger partial charge in [-0.3, -0.25) is 9.89 Å². The number of ether oxygens (including phenoxy) is 1. The summed E-state index contributed by atoms with van der Waals surface area (Å²) in [4.78, 5) is 9.15. The molecule has 1 aliphatic heterocycles. The fourth-order valence-corrected chi connectivity index (χ4v) is 3.49. The minimum Gasteiger partial charge on any atom is -0.489 e. The van der Waals surface area contributed by atoms with Gasteiger partial charge in [0.25, 0.3) is 0 Å². The van der Waals surface area contributed by atoms with E-state index in [0.717, 1.165) is 32.7 Å². The normalized spacial score (nSPS) is 16.2. The molecule has 0 amide bonds. The van der Waals surface area contributed by atoms with Gasteiger partial charge in [0.15, 0.2) is 5.96 Å². The van der Waals surface area contributed by atoms with Crippen LogP contribution in [0.15, 0.2) is 53.5 Å². The van der Waals surface area contributed by atoms with E-state index in [2.05, 4.69) is 56.7 Å². The molecule has 176 valence electrons. The van der Waals surface area contributed by atoms with E-state index in [-0.39, 0.29) is 35.9 Å². The van der Waals surface area contributed by atoms with Crippen molar-refractivity contribution in [3.8, 4) is 5.75 Å². The van der Waals surface area contributed by atoms with Crippen molar-refractivity contribution in [2.45, 2.75) is 26.1 Å². The summed E-state index contributed by atoms with van der Waals surface area (Å²) in [6.45, 7) is 8.72. The van der Waals surface area contributed by atoms with Crippen molar-refractivity contribution in [1.29, 1.82) is 0 Å². The van der Waals surface area contributed by atoms with Crippen molar-refractivity contribution in [1.82, 2.24) is 20.4 Å². The van der Waals surface area contributed by atoms with Gasteiger partial charge in [-0.05, 0) is 37.2 Å². The molecule has 1 fully saturated rings. The van der Waals surface area contributed by atoms with Crippen LogP contribution in [0.2, 0.25) is 0 Å². The summed E-state index contributed by atoms with van der Waals surface area (Å²) in [6, 6.07) is 14.9. The van der Waals surface area contributed by atoms with Crippen LogP contribution in [0.5, 0.6) is 5.75 Å². The summed E-state index contributed by atoms with van der Waals surface area (Å²) in [6.07, 6.45) is -0.130. The van der Waals surface area contributed by atoms with Gasteiger partial charge in [-0.1, -0.05) is 30.3 Å². The summed E-state index contributed by atoms with van der Waals surface area (Å²) in [5.74, 6) is 0.926.